The molecule has 0 unspecified atom stereocenters. The fraction of sp³-hybridized carbons (Fsp3) is 0.150. The number of nitrogens with two attached hydrogens (primary N) is 1. The molecule has 0 spiro atoms. The number of nitrogens with one attached hydrogen (secondary N) is 1. The van der Waals surface area contributed by atoms with Gasteiger partial charge in [-0.05, 0) is 42.0 Å². The molecule has 3 rings (SSSR count). The van der Waals surface area contributed by atoms with Crippen LogP contribution in [0, 0.1) is 11.6 Å². The van der Waals surface area contributed by atoms with Gasteiger partial charge in [0, 0.05) is 18.5 Å². The van der Waals surface area contributed by atoms with Gasteiger partial charge in [-0.3, -0.25) is 14.6 Å². The smallest absolute Gasteiger partial charge is 0.403 e. The zero-order valence-corrected chi connectivity index (χ0v) is 15.5. The van der Waals surface area contributed by atoms with Crippen molar-refractivity contribution in [2.24, 2.45) is 0 Å². The summed E-state index contributed by atoms with van der Waals surface area (Å²) in [6.45, 7) is 0. The Kier molecular flexibility index (Phi) is 6.04. The largest absolute Gasteiger partial charge is 0.573 e. The second-order valence-electron chi connectivity index (χ2n) is 6.44. The molecule has 3 aromatic rings. The van der Waals surface area contributed by atoms with Crippen LogP contribution in [0.15, 0.2) is 53.5 Å². The number of pyridine rings is 2. The van der Waals surface area contributed by atoms with Crippen molar-refractivity contribution in [1.29, 1.82) is 0 Å². The third-order valence-corrected chi connectivity index (χ3v) is 4.33. The van der Waals surface area contributed by atoms with E-state index in [1.165, 1.54) is 24.4 Å². The van der Waals surface area contributed by atoms with E-state index in [0.717, 1.165) is 18.2 Å². The van der Waals surface area contributed by atoms with Crippen molar-refractivity contribution >= 4 is 11.5 Å². The van der Waals surface area contributed by atoms with E-state index in [-0.39, 0.29) is 22.6 Å². The molecule has 0 aliphatic heterocycles. The minimum atomic E-state index is -5.11. The Morgan fingerprint density at radius 2 is 1.87 bits per heavy atom. The number of alkyl halides is 3. The van der Waals surface area contributed by atoms with Crippen LogP contribution in [0.25, 0.3) is 0 Å². The monoisotopic (exact) mass is 439 g/mol. The van der Waals surface area contributed by atoms with Crippen molar-refractivity contribution in [3.8, 4) is 5.75 Å². The number of rotatable bonds is 6. The number of halogens is 5. The van der Waals surface area contributed by atoms with Gasteiger partial charge in [-0.1, -0.05) is 6.07 Å². The van der Waals surface area contributed by atoms with Gasteiger partial charge in [-0.2, -0.15) is 0 Å². The highest BCUT2D eigenvalue weighted by Gasteiger charge is 2.33. The summed E-state index contributed by atoms with van der Waals surface area (Å²) in [5.41, 5.74) is 4.23. The van der Waals surface area contributed by atoms with E-state index in [1.807, 2.05) is 0 Å². The first-order valence-corrected chi connectivity index (χ1v) is 8.73. The maximum Gasteiger partial charge on any atom is 0.573 e. The van der Waals surface area contributed by atoms with Crippen molar-refractivity contribution in [2.45, 2.75) is 18.7 Å². The predicted molar refractivity (Wildman–Crippen MR) is 99.5 cm³/mol. The first-order chi connectivity index (χ1) is 14.5. The Morgan fingerprint density at radius 1 is 1.13 bits per heavy atom. The number of aromatic nitrogens is 2. The van der Waals surface area contributed by atoms with Gasteiger partial charge in [0.15, 0.2) is 17.3 Å². The Bertz CT molecular complexity index is 1180. The van der Waals surface area contributed by atoms with E-state index in [1.54, 1.807) is 0 Å². The van der Waals surface area contributed by atoms with Crippen molar-refractivity contribution in [3.63, 3.8) is 0 Å². The van der Waals surface area contributed by atoms with E-state index in [2.05, 4.69) is 14.7 Å². The molecule has 0 saturated carbocycles. The SMILES string of the molecule is Nc1ccc(C(=O)C[C@@H](c2ccc(OC(F)(F)F)c(F)c2)c2ncccc2F)[nH]c1=O. The van der Waals surface area contributed by atoms with Gasteiger partial charge in [-0.25, -0.2) is 8.78 Å². The van der Waals surface area contributed by atoms with Gasteiger partial charge >= 0.3 is 6.36 Å². The molecule has 2 aromatic heterocycles. The van der Waals surface area contributed by atoms with Crippen molar-refractivity contribution in [1.82, 2.24) is 9.97 Å². The molecule has 2 heterocycles. The number of nitrogen functional groups attached to an aromatic ring is 1. The molecule has 0 radical (unpaired) electrons. The fourth-order valence-corrected chi connectivity index (χ4v) is 2.91. The number of ether oxygens (including phenoxy) is 1. The van der Waals surface area contributed by atoms with E-state index in [0.29, 0.717) is 6.07 Å². The van der Waals surface area contributed by atoms with Crippen LogP contribution in [-0.2, 0) is 0 Å². The second kappa shape index (κ2) is 8.54. The molecular weight excluding hydrogens is 425 g/mol. The molecular formula is C20H14F5N3O3. The molecule has 0 bridgehead atoms. The van der Waals surface area contributed by atoms with Crippen LogP contribution in [0.2, 0.25) is 0 Å². The number of Topliss-reactive ketones (excluding diaryl/α,β-unsaturated/α-hetero) is 1. The van der Waals surface area contributed by atoms with Gasteiger partial charge in [-0.15, -0.1) is 13.2 Å². The van der Waals surface area contributed by atoms with Crippen LogP contribution in [0.5, 0.6) is 5.75 Å². The lowest BCUT2D eigenvalue weighted by Gasteiger charge is -2.18. The normalized spacial score (nSPS) is 12.4. The molecule has 31 heavy (non-hydrogen) atoms. The molecule has 0 saturated heterocycles. The van der Waals surface area contributed by atoms with Crippen LogP contribution < -0.4 is 16.0 Å². The summed E-state index contributed by atoms with van der Waals surface area (Å²) in [6, 6.07) is 7.35. The number of carbonyl (C=O) groups is 1. The highest BCUT2D eigenvalue weighted by Crippen LogP contribution is 2.33. The quantitative estimate of drug-likeness (QED) is 0.448. The van der Waals surface area contributed by atoms with E-state index in [9.17, 15) is 31.5 Å². The Labute approximate surface area is 171 Å². The number of benzene rings is 1. The van der Waals surface area contributed by atoms with Crippen LogP contribution in [-0.4, -0.2) is 22.1 Å². The molecule has 6 nitrogen and oxygen atoms in total. The first kappa shape index (κ1) is 21.9. The van der Waals surface area contributed by atoms with Gasteiger partial charge in [0.2, 0.25) is 0 Å². The van der Waals surface area contributed by atoms with Gasteiger partial charge in [0.05, 0.1) is 17.1 Å². The van der Waals surface area contributed by atoms with E-state index in [4.69, 9.17) is 5.73 Å². The predicted octanol–water partition coefficient (Wildman–Crippen LogP) is 3.93. The molecule has 1 atom stereocenters. The minimum Gasteiger partial charge on any atom is -0.403 e. The summed E-state index contributed by atoms with van der Waals surface area (Å²) in [5, 5.41) is 0. The molecule has 3 N–H and O–H groups in total. The first-order valence-electron chi connectivity index (χ1n) is 8.73. The molecule has 0 fully saturated rings. The Hall–Kier alpha value is -3.76. The number of carbonyl (C=O) groups excluding carboxylic acids is 1. The number of hydrogen-bond acceptors (Lipinski definition) is 5. The highest BCUT2D eigenvalue weighted by atomic mass is 19.4. The lowest BCUT2D eigenvalue weighted by Crippen LogP contribution is -2.19. The lowest BCUT2D eigenvalue weighted by atomic mass is 9.89. The lowest BCUT2D eigenvalue weighted by molar-refractivity contribution is -0.275. The third kappa shape index (κ3) is 5.24. The van der Waals surface area contributed by atoms with Gasteiger partial charge in [0.25, 0.3) is 5.56 Å². The number of hydrogen-bond donors (Lipinski definition) is 2. The van der Waals surface area contributed by atoms with Gasteiger partial charge < -0.3 is 15.5 Å². The number of ketones is 1. The average molecular weight is 439 g/mol. The topological polar surface area (TPSA) is 98.1 Å². The number of nitrogens with zero attached hydrogens (tertiary/aromatic N) is 1. The molecule has 0 amide bonds. The molecule has 162 valence electrons. The number of aromatic amines is 1. The van der Waals surface area contributed by atoms with Crippen molar-refractivity contribution in [2.75, 3.05) is 5.73 Å². The Balaban J connectivity index is 2.00. The zero-order chi connectivity index (χ0) is 22.8. The highest BCUT2D eigenvalue weighted by molar-refractivity contribution is 5.95. The summed E-state index contributed by atoms with van der Waals surface area (Å²) in [5.74, 6) is -5.05. The summed E-state index contributed by atoms with van der Waals surface area (Å²) in [4.78, 5) is 30.5. The number of H-pyrrole nitrogens is 1. The average Bonchev–Trinajstić information content (AvgIpc) is 2.69. The maximum absolute atomic E-state index is 14.4. The van der Waals surface area contributed by atoms with Crippen LogP contribution in [0.4, 0.5) is 27.6 Å². The van der Waals surface area contributed by atoms with Gasteiger partial charge in [0.1, 0.15) is 5.82 Å². The van der Waals surface area contributed by atoms with Crippen molar-refractivity contribution < 1.29 is 31.5 Å². The summed E-state index contributed by atoms with van der Waals surface area (Å²) >= 11 is 0. The van der Waals surface area contributed by atoms with Crippen LogP contribution in [0.3, 0.4) is 0 Å². The standard InChI is InChI=1S/C20H14F5N3O3/c21-12-2-1-7-27-18(12)11(9-16(29)15-5-4-14(26)19(30)28-15)10-3-6-17(13(22)8-10)31-20(23,24)25/h1-8,11H,9,26H2,(H,28,30)/t11-/m0/s1. The molecule has 1 aromatic carbocycles. The van der Waals surface area contributed by atoms with Crippen LogP contribution in [0.1, 0.15) is 34.1 Å². The molecule has 11 heteroatoms. The molecule has 0 aliphatic rings. The van der Waals surface area contributed by atoms with E-state index < -0.39 is 47.4 Å². The second-order valence-corrected chi connectivity index (χ2v) is 6.44. The summed E-state index contributed by atoms with van der Waals surface area (Å²) in [6.07, 6.45) is -4.32. The Morgan fingerprint density at radius 3 is 2.48 bits per heavy atom. The molecule has 0 aliphatic carbocycles. The minimum absolute atomic E-state index is 0.0178. The maximum atomic E-state index is 14.4. The van der Waals surface area contributed by atoms with E-state index >= 15 is 0 Å². The summed E-state index contributed by atoms with van der Waals surface area (Å²) in [7, 11) is 0. The fourth-order valence-electron chi connectivity index (χ4n) is 2.91. The zero-order valence-electron chi connectivity index (χ0n) is 15.5. The third-order valence-electron chi connectivity index (χ3n) is 4.33. The number of anilines is 1. The van der Waals surface area contributed by atoms with Crippen LogP contribution >= 0.6 is 0 Å². The van der Waals surface area contributed by atoms with Crippen molar-refractivity contribution in [3.05, 3.63) is 87.6 Å². The summed E-state index contributed by atoms with van der Waals surface area (Å²) < 4.78 is 69.4.